The van der Waals surface area contributed by atoms with Crippen LogP contribution < -0.4 is 27.0 Å². The van der Waals surface area contributed by atoms with E-state index in [4.69, 9.17) is 21.2 Å². The fourth-order valence-electron chi connectivity index (χ4n) is 4.43. The Balaban J connectivity index is 1.54. The van der Waals surface area contributed by atoms with Crippen LogP contribution in [0, 0.1) is 11.8 Å². The number of halogens is 2. The molecule has 1 saturated carbocycles. The second kappa shape index (κ2) is 12.4. The zero-order valence-electron chi connectivity index (χ0n) is 19.2. The molecule has 3 fully saturated rings. The molecule has 2 aliphatic heterocycles. The highest BCUT2D eigenvalue weighted by Gasteiger charge is 2.37. The lowest BCUT2D eigenvalue weighted by Crippen LogP contribution is -2.52. The summed E-state index contributed by atoms with van der Waals surface area (Å²) in [4.78, 5) is 22.6. The summed E-state index contributed by atoms with van der Waals surface area (Å²) in [6, 6.07) is 0.108. The van der Waals surface area contributed by atoms with E-state index < -0.39 is 6.17 Å². The minimum Gasteiger partial charge on any atom is -0.379 e. The first-order chi connectivity index (χ1) is 15.3. The molecule has 7 atom stereocenters. The number of hydrogen-bond acceptors (Lipinski definition) is 7. The number of nitrogens with zero attached hydrogens (tertiary/aromatic N) is 1. The Morgan fingerprint density at radius 2 is 2.09 bits per heavy atom. The second-order valence-electron chi connectivity index (χ2n) is 9.26. The summed E-state index contributed by atoms with van der Waals surface area (Å²) in [7, 11) is 0. The number of guanidine groups is 1. The van der Waals surface area contributed by atoms with E-state index in [1.807, 2.05) is 20.8 Å². The molecule has 0 aromatic heterocycles. The van der Waals surface area contributed by atoms with Crippen LogP contribution in [-0.4, -0.2) is 67.5 Å². The molecule has 2 heterocycles. The van der Waals surface area contributed by atoms with Gasteiger partial charge in [-0.05, 0) is 58.8 Å². The van der Waals surface area contributed by atoms with Gasteiger partial charge in [0.2, 0.25) is 5.91 Å². The van der Waals surface area contributed by atoms with Gasteiger partial charge in [0.15, 0.2) is 5.96 Å². The maximum absolute atomic E-state index is 14.0. The molecular weight excluding hydrogens is 439 g/mol. The molecule has 0 spiro atoms. The van der Waals surface area contributed by atoms with Gasteiger partial charge in [0, 0.05) is 31.1 Å². The molecular formula is C21H38ClFN6O3. The third kappa shape index (κ3) is 7.78. The summed E-state index contributed by atoms with van der Waals surface area (Å²) in [5.41, 5.74) is 9.25. The number of ether oxygens (including phenoxy) is 1. The molecule has 3 aliphatic rings. The molecule has 1 amide bonds. The number of carbonyl (C=O) groups is 1. The minimum absolute atomic E-state index is 0.108. The first-order valence-electron chi connectivity index (χ1n) is 11.7. The zero-order chi connectivity index (χ0) is 23.1. The Bertz CT molecular complexity index is 633. The van der Waals surface area contributed by atoms with E-state index in [9.17, 15) is 9.18 Å². The predicted octanol–water partition coefficient (Wildman–Crippen LogP) is 1.34. The smallest absolute Gasteiger partial charge is 0.233 e. The largest absolute Gasteiger partial charge is 0.379 e. The molecule has 32 heavy (non-hydrogen) atoms. The molecule has 0 aromatic carbocycles. The highest BCUT2D eigenvalue weighted by atomic mass is 35.5. The zero-order valence-corrected chi connectivity index (χ0v) is 20.0. The van der Waals surface area contributed by atoms with Crippen LogP contribution in [0.3, 0.4) is 0 Å². The van der Waals surface area contributed by atoms with Crippen molar-refractivity contribution >= 4 is 23.5 Å². The molecule has 2 saturated heterocycles. The number of hydrazine groups is 1. The van der Waals surface area contributed by atoms with Crippen molar-refractivity contribution in [2.45, 2.75) is 88.8 Å². The maximum Gasteiger partial charge on any atom is 0.233 e. The number of hydrogen-bond donors (Lipinski definition) is 5. The van der Waals surface area contributed by atoms with E-state index in [2.05, 4.69) is 32.0 Å². The molecule has 5 N–H and O–H groups in total. The molecule has 9 nitrogen and oxygen atoms in total. The molecule has 7 unspecified atom stereocenters. The van der Waals surface area contributed by atoms with Crippen LogP contribution >= 0.6 is 11.6 Å². The van der Waals surface area contributed by atoms with E-state index in [0.717, 1.165) is 19.3 Å². The van der Waals surface area contributed by atoms with Crippen molar-refractivity contribution in [1.29, 1.82) is 0 Å². The first-order valence-corrected chi connectivity index (χ1v) is 12.2. The van der Waals surface area contributed by atoms with Gasteiger partial charge in [0.05, 0.1) is 24.3 Å². The van der Waals surface area contributed by atoms with Crippen LogP contribution in [0.2, 0.25) is 0 Å². The van der Waals surface area contributed by atoms with E-state index in [1.165, 1.54) is 0 Å². The Kier molecular flexibility index (Phi) is 9.94. The van der Waals surface area contributed by atoms with Crippen molar-refractivity contribution in [2.24, 2.45) is 16.8 Å². The maximum atomic E-state index is 14.0. The van der Waals surface area contributed by atoms with Crippen molar-refractivity contribution in [2.75, 3.05) is 19.7 Å². The number of aliphatic imine (C=N–C) groups is 1. The van der Waals surface area contributed by atoms with Crippen molar-refractivity contribution in [3.8, 4) is 0 Å². The molecule has 11 heteroatoms. The van der Waals surface area contributed by atoms with Gasteiger partial charge < -0.3 is 10.1 Å². The third-order valence-corrected chi connectivity index (χ3v) is 6.54. The van der Waals surface area contributed by atoms with Gasteiger partial charge in [0.25, 0.3) is 0 Å². The van der Waals surface area contributed by atoms with Crippen LogP contribution in [0.1, 0.15) is 52.9 Å². The Morgan fingerprint density at radius 1 is 1.28 bits per heavy atom. The van der Waals surface area contributed by atoms with Crippen LogP contribution in [0.25, 0.3) is 0 Å². The molecule has 0 aromatic rings. The van der Waals surface area contributed by atoms with Gasteiger partial charge in [-0.15, -0.1) is 11.6 Å². The van der Waals surface area contributed by atoms with Gasteiger partial charge in [0.1, 0.15) is 6.17 Å². The van der Waals surface area contributed by atoms with Crippen LogP contribution in [0.5, 0.6) is 0 Å². The summed E-state index contributed by atoms with van der Waals surface area (Å²) < 4.78 is 19.5. The van der Waals surface area contributed by atoms with Gasteiger partial charge in [-0.1, -0.05) is 0 Å². The summed E-state index contributed by atoms with van der Waals surface area (Å²) in [5.74, 6) is 0.150. The lowest BCUT2D eigenvalue weighted by atomic mass is 9.82. The number of alkyl halides is 2. The topological polar surface area (TPSA) is 108 Å². The quantitative estimate of drug-likeness (QED) is 0.156. The predicted molar refractivity (Wildman–Crippen MR) is 122 cm³/mol. The highest BCUT2D eigenvalue weighted by molar-refractivity contribution is 6.20. The Labute approximate surface area is 194 Å². The molecule has 184 valence electrons. The van der Waals surface area contributed by atoms with Gasteiger partial charge >= 0.3 is 0 Å². The Hall–Kier alpha value is -1.04. The Morgan fingerprint density at radius 3 is 2.78 bits per heavy atom. The molecule has 3 rings (SSSR count). The molecule has 0 radical (unpaired) electrons. The fraction of sp³-hybridized carbons (Fsp3) is 0.905. The van der Waals surface area contributed by atoms with E-state index in [1.54, 1.807) is 0 Å². The number of hydroxylamine groups is 1. The summed E-state index contributed by atoms with van der Waals surface area (Å²) in [6.07, 6.45) is 2.21. The third-order valence-electron chi connectivity index (χ3n) is 6.18. The first kappa shape index (κ1) is 25.6. The monoisotopic (exact) mass is 476 g/mol. The van der Waals surface area contributed by atoms with Crippen LogP contribution in [0.4, 0.5) is 4.39 Å². The molecule has 1 aliphatic carbocycles. The number of carbonyl (C=O) groups excluding carboxylic acids is 1. The minimum atomic E-state index is -0.848. The average Bonchev–Trinajstić information content (AvgIpc) is 3.35. The van der Waals surface area contributed by atoms with Gasteiger partial charge in [-0.2, -0.15) is 0 Å². The van der Waals surface area contributed by atoms with Crippen molar-refractivity contribution in [3.05, 3.63) is 0 Å². The summed E-state index contributed by atoms with van der Waals surface area (Å²) >= 11 is 6.24. The fourth-order valence-corrected chi connectivity index (χ4v) is 4.85. The van der Waals surface area contributed by atoms with Crippen LogP contribution in [-0.2, 0) is 14.4 Å². The normalized spacial score (nSPS) is 35.9. The van der Waals surface area contributed by atoms with E-state index >= 15 is 0 Å². The van der Waals surface area contributed by atoms with E-state index in [-0.39, 0.29) is 47.5 Å². The van der Waals surface area contributed by atoms with E-state index in [0.29, 0.717) is 38.5 Å². The molecule has 0 bridgehead atoms. The average molecular weight is 477 g/mol. The lowest BCUT2D eigenvalue weighted by molar-refractivity contribution is -0.124. The number of rotatable bonds is 8. The number of amides is 1. The highest BCUT2D eigenvalue weighted by Crippen LogP contribution is 2.34. The number of nitrogens with one attached hydrogen (secondary N) is 5. The van der Waals surface area contributed by atoms with Gasteiger partial charge in [-0.25, -0.2) is 15.3 Å². The summed E-state index contributed by atoms with van der Waals surface area (Å²) in [6.45, 7) is 7.43. The van der Waals surface area contributed by atoms with Crippen molar-refractivity contribution < 1.29 is 18.8 Å². The summed E-state index contributed by atoms with van der Waals surface area (Å²) in [5, 5.41) is 6.09. The SMILES string of the molecule is CC(C)OCCCN=C(NC(=O)C1CNOC1C)NC1CC(C2CC(F)CC(Cl)C2)NN1. The standard InChI is InChI=1S/C21H38ClFN6O3/c1-12(2)31-6-4-5-24-21(27-20(30)17-11-25-32-13(17)3)26-19-10-18(28-29-19)14-7-15(22)9-16(23)8-14/h12-19,25,28-29H,4-11H2,1-3H3,(H2,24,26,27,30). The van der Waals surface area contributed by atoms with Gasteiger partial charge in [-0.3, -0.25) is 25.4 Å². The lowest BCUT2D eigenvalue weighted by Gasteiger charge is -2.31. The second-order valence-corrected chi connectivity index (χ2v) is 9.88. The van der Waals surface area contributed by atoms with Crippen molar-refractivity contribution in [1.82, 2.24) is 27.0 Å². The van der Waals surface area contributed by atoms with Crippen LogP contribution in [0.15, 0.2) is 4.99 Å². The van der Waals surface area contributed by atoms with Crippen molar-refractivity contribution in [3.63, 3.8) is 0 Å².